The van der Waals surface area contributed by atoms with Crippen molar-refractivity contribution in [2.75, 3.05) is 13.2 Å². The Balaban J connectivity index is 1.27. The molecule has 0 amide bonds. The molecule has 43 heavy (non-hydrogen) atoms. The molecule has 0 aromatic rings. The van der Waals surface area contributed by atoms with Crippen LogP contribution in [-0.2, 0) is 18.9 Å². The van der Waals surface area contributed by atoms with Crippen LogP contribution in [0.1, 0.15) is 99.8 Å². The van der Waals surface area contributed by atoms with Gasteiger partial charge in [-0.25, -0.2) is 0 Å². The molecule has 8 nitrogen and oxygen atoms in total. The lowest BCUT2D eigenvalue weighted by Crippen LogP contribution is -2.68. The standard InChI is InChI=1S/C35H56O8/c1-19(2)14-20-15-33(7,43-29-27(39)26(38)22(36)16-40-29)28-21-8-9-24-31(5)12-11-25(37)30(3,4)23(31)10-13-32(24,6)34(21)17-35(28,42-20)41-18-34/h14,20-29,36-39H,8-13,15-18H2,1-7H3/t20-,21+,22+,23-,24+,25-,26+,27-,28-,29+,31-,32+,33-,34-,35-/m0/s1. The predicted molar refractivity (Wildman–Crippen MR) is 160 cm³/mol. The van der Waals surface area contributed by atoms with E-state index in [1.165, 1.54) is 0 Å². The predicted octanol–water partition coefficient (Wildman–Crippen LogP) is 4.32. The van der Waals surface area contributed by atoms with Gasteiger partial charge < -0.3 is 39.4 Å². The summed E-state index contributed by atoms with van der Waals surface area (Å²) in [7, 11) is 0. The van der Waals surface area contributed by atoms with Crippen molar-refractivity contribution in [3.05, 3.63) is 11.6 Å². The van der Waals surface area contributed by atoms with Crippen LogP contribution in [-0.4, -0.2) is 81.8 Å². The molecular weight excluding hydrogens is 548 g/mol. The minimum Gasteiger partial charge on any atom is -0.393 e. The molecule has 15 atom stereocenters. The molecule has 2 spiro atoms. The maximum atomic E-state index is 11.1. The molecule has 3 heterocycles. The second kappa shape index (κ2) is 9.72. The first kappa shape index (κ1) is 31.0. The third-order valence-electron chi connectivity index (χ3n) is 14.6. The summed E-state index contributed by atoms with van der Waals surface area (Å²) >= 11 is 0. The number of fused-ring (bicyclic) bond motifs is 4. The van der Waals surface area contributed by atoms with Gasteiger partial charge in [-0.2, -0.15) is 0 Å². The van der Waals surface area contributed by atoms with E-state index in [4.69, 9.17) is 18.9 Å². The maximum absolute atomic E-state index is 11.1. The first-order valence-electron chi connectivity index (χ1n) is 17.0. The molecule has 4 aliphatic carbocycles. The van der Waals surface area contributed by atoms with Crippen LogP contribution >= 0.6 is 0 Å². The lowest BCUT2D eigenvalue weighted by Gasteiger charge is -2.70. The fraction of sp³-hybridized carbons (Fsp3) is 0.943. The van der Waals surface area contributed by atoms with Crippen LogP contribution in [0.4, 0.5) is 0 Å². The van der Waals surface area contributed by atoms with Gasteiger partial charge in [0.15, 0.2) is 12.1 Å². The van der Waals surface area contributed by atoms with Crippen LogP contribution in [0.25, 0.3) is 0 Å². The summed E-state index contributed by atoms with van der Waals surface area (Å²) in [5, 5.41) is 42.6. The Labute approximate surface area is 257 Å². The van der Waals surface area contributed by atoms with E-state index < -0.39 is 36.0 Å². The smallest absolute Gasteiger partial charge is 0.186 e. The number of aliphatic hydroxyl groups is 4. The van der Waals surface area contributed by atoms with Gasteiger partial charge in [-0.15, -0.1) is 0 Å². The SMILES string of the molecule is CC(C)=C[C@H]1C[C@](C)(O[C@H]2OC[C@@H](O)[C@@H](O)[C@@H]2O)[C@@H]2[C@H]3CC[C@@H]4[C@@]5(C)CC[C@H](O)C(C)(C)[C@@H]5CC[C@@]4(C)[C@@]34CO[C@@]2(C4)O1. The van der Waals surface area contributed by atoms with Gasteiger partial charge in [0.2, 0.25) is 0 Å². The Bertz CT molecular complexity index is 1150. The third kappa shape index (κ3) is 4.03. The minimum absolute atomic E-state index is 0.0525. The summed E-state index contributed by atoms with van der Waals surface area (Å²) in [5.41, 5.74) is 0.515. The fourth-order valence-corrected chi connectivity index (χ4v) is 12.8. The van der Waals surface area contributed by atoms with E-state index in [0.29, 0.717) is 30.8 Å². The van der Waals surface area contributed by atoms with E-state index in [2.05, 4.69) is 54.5 Å². The zero-order chi connectivity index (χ0) is 31.0. The molecule has 3 saturated heterocycles. The second-order valence-corrected chi connectivity index (χ2v) is 17.3. The normalized spacial score (nSPS) is 58.6. The highest BCUT2D eigenvalue weighted by Gasteiger charge is 2.81. The van der Waals surface area contributed by atoms with Gasteiger partial charge in [0.25, 0.3) is 0 Å². The van der Waals surface area contributed by atoms with Gasteiger partial charge in [0.1, 0.15) is 18.3 Å². The van der Waals surface area contributed by atoms with Crippen LogP contribution in [0.15, 0.2) is 11.6 Å². The number of hydrogen-bond acceptors (Lipinski definition) is 8. The van der Waals surface area contributed by atoms with Crippen molar-refractivity contribution in [1.82, 2.24) is 0 Å². The largest absolute Gasteiger partial charge is 0.393 e. The van der Waals surface area contributed by atoms with E-state index in [1.54, 1.807) is 0 Å². The van der Waals surface area contributed by atoms with E-state index in [1.807, 2.05) is 0 Å². The molecule has 0 unspecified atom stereocenters. The molecule has 2 bridgehead atoms. The highest BCUT2D eigenvalue weighted by molar-refractivity contribution is 5.27. The van der Waals surface area contributed by atoms with E-state index >= 15 is 0 Å². The summed E-state index contributed by atoms with van der Waals surface area (Å²) in [6.45, 7) is 16.6. The van der Waals surface area contributed by atoms with Crippen LogP contribution in [0, 0.1) is 45.3 Å². The number of hydrogen-bond donors (Lipinski definition) is 4. The molecule has 4 N–H and O–H groups in total. The molecule has 0 radical (unpaired) electrons. The maximum Gasteiger partial charge on any atom is 0.186 e. The Kier molecular flexibility index (Phi) is 7.02. The topological polar surface area (TPSA) is 118 Å². The summed E-state index contributed by atoms with van der Waals surface area (Å²) in [5.74, 6) is 0.529. The number of ether oxygens (including phenoxy) is 4. The summed E-state index contributed by atoms with van der Waals surface area (Å²) in [6, 6.07) is 0. The zero-order valence-electron chi connectivity index (χ0n) is 27.3. The zero-order valence-corrected chi connectivity index (χ0v) is 27.3. The number of aliphatic hydroxyl groups excluding tert-OH is 4. The Morgan fingerprint density at radius 3 is 2.35 bits per heavy atom. The number of rotatable bonds is 3. The van der Waals surface area contributed by atoms with Gasteiger partial charge in [0.05, 0.1) is 31.0 Å². The Morgan fingerprint density at radius 2 is 1.63 bits per heavy atom. The molecule has 7 aliphatic rings. The van der Waals surface area contributed by atoms with Gasteiger partial charge in [-0.05, 0) is 93.3 Å². The average molecular weight is 605 g/mol. The first-order chi connectivity index (χ1) is 20.0. The summed E-state index contributed by atoms with van der Waals surface area (Å²) in [6.07, 6.45) is 4.70. The summed E-state index contributed by atoms with van der Waals surface area (Å²) < 4.78 is 26.6. The highest BCUT2D eigenvalue weighted by Crippen LogP contribution is 2.80. The van der Waals surface area contributed by atoms with Gasteiger partial charge in [0, 0.05) is 24.2 Å². The quantitative estimate of drug-likeness (QED) is 0.352. The molecule has 0 aromatic heterocycles. The van der Waals surface area contributed by atoms with Crippen LogP contribution < -0.4 is 0 Å². The Hall–Kier alpha value is -0.580. The highest BCUT2D eigenvalue weighted by atomic mass is 16.7. The third-order valence-corrected chi connectivity index (χ3v) is 14.6. The minimum atomic E-state index is -1.34. The molecule has 7 rings (SSSR count). The van der Waals surface area contributed by atoms with Gasteiger partial charge in [-0.3, -0.25) is 0 Å². The van der Waals surface area contributed by atoms with E-state index in [-0.39, 0.29) is 46.4 Å². The molecule has 244 valence electrons. The average Bonchev–Trinajstić information content (AvgIpc) is 3.43. The molecule has 0 aromatic carbocycles. The van der Waals surface area contributed by atoms with Gasteiger partial charge >= 0.3 is 0 Å². The van der Waals surface area contributed by atoms with Crippen molar-refractivity contribution in [3.8, 4) is 0 Å². The van der Waals surface area contributed by atoms with Crippen molar-refractivity contribution in [2.45, 2.75) is 148 Å². The molecule has 7 fully saturated rings. The lowest BCUT2D eigenvalue weighted by atomic mass is 9.35. The monoisotopic (exact) mass is 604 g/mol. The molecule has 8 heteroatoms. The van der Waals surface area contributed by atoms with Crippen molar-refractivity contribution in [3.63, 3.8) is 0 Å². The van der Waals surface area contributed by atoms with Crippen LogP contribution in [0.5, 0.6) is 0 Å². The lowest BCUT2D eigenvalue weighted by molar-refractivity contribution is -0.378. The van der Waals surface area contributed by atoms with Crippen molar-refractivity contribution >= 4 is 0 Å². The second-order valence-electron chi connectivity index (χ2n) is 17.3. The first-order valence-corrected chi connectivity index (χ1v) is 17.0. The van der Waals surface area contributed by atoms with Crippen LogP contribution in [0.2, 0.25) is 0 Å². The van der Waals surface area contributed by atoms with Crippen molar-refractivity contribution < 1.29 is 39.4 Å². The van der Waals surface area contributed by atoms with Gasteiger partial charge in [-0.1, -0.05) is 39.3 Å². The molecular formula is C35H56O8. The fourth-order valence-electron chi connectivity index (χ4n) is 12.8. The molecule has 4 saturated carbocycles. The van der Waals surface area contributed by atoms with Crippen LogP contribution in [0.3, 0.4) is 0 Å². The van der Waals surface area contributed by atoms with E-state index in [9.17, 15) is 20.4 Å². The van der Waals surface area contributed by atoms with Crippen molar-refractivity contribution in [1.29, 1.82) is 0 Å². The summed E-state index contributed by atoms with van der Waals surface area (Å²) in [4.78, 5) is 0. The molecule has 3 aliphatic heterocycles. The Morgan fingerprint density at radius 1 is 0.884 bits per heavy atom. The van der Waals surface area contributed by atoms with Crippen molar-refractivity contribution in [2.24, 2.45) is 45.3 Å². The number of allylic oxidation sites excluding steroid dienone is 1. The van der Waals surface area contributed by atoms with E-state index in [0.717, 1.165) is 50.5 Å².